The van der Waals surface area contributed by atoms with Crippen LogP contribution in [0.15, 0.2) is 81.2 Å². The quantitative estimate of drug-likeness (QED) is 0.197. The third kappa shape index (κ3) is 7.56. The first-order valence-electron chi connectivity index (χ1n) is 14.9. The SMILES string of the molecule is CCNC(=O)Nc1ccc(-c2sc3c(c2CN(C)C(=O)C(F)(F)F)c(=O)n(-c2ccc(S(C)(=O)=O)cc2)c(=O)n3Cc2c(F)cccc2F)cc1. The van der Waals surface area contributed by atoms with Gasteiger partial charge in [0.05, 0.1) is 22.5 Å². The molecule has 2 N–H and O–H groups in total. The van der Waals surface area contributed by atoms with E-state index in [-0.39, 0.29) is 31.2 Å². The number of amides is 3. The zero-order chi connectivity index (χ0) is 37.4. The Hall–Kier alpha value is -5.36. The van der Waals surface area contributed by atoms with Gasteiger partial charge in [-0.1, -0.05) is 18.2 Å². The molecule has 268 valence electrons. The van der Waals surface area contributed by atoms with Gasteiger partial charge in [0.25, 0.3) is 5.56 Å². The van der Waals surface area contributed by atoms with Crippen LogP contribution < -0.4 is 21.9 Å². The van der Waals surface area contributed by atoms with Crippen LogP contribution in [0.4, 0.5) is 32.4 Å². The second-order valence-electron chi connectivity index (χ2n) is 11.3. The van der Waals surface area contributed by atoms with Crippen molar-refractivity contribution < 1.29 is 40.0 Å². The molecule has 0 saturated carbocycles. The molecule has 5 aromatic rings. The zero-order valence-electron chi connectivity index (χ0n) is 27.0. The minimum absolute atomic E-state index is 0.117. The highest BCUT2D eigenvalue weighted by atomic mass is 32.2. The monoisotopic (exact) mass is 749 g/mol. The first kappa shape index (κ1) is 36.9. The van der Waals surface area contributed by atoms with Crippen molar-refractivity contribution in [2.75, 3.05) is 25.2 Å². The number of benzene rings is 3. The Bertz CT molecular complexity index is 2370. The maximum atomic E-state index is 15.0. The van der Waals surface area contributed by atoms with E-state index in [1.807, 2.05) is 0 Å². The van der Waals surface area contributed by atoms with Crippen molar-refractivity contribution in [2.45, 2.75) is 31.1 Å². The molecule has 0 bridgehead atoms. The van der Waals surface area contributed by atoms with Crippen LogP contribution in [0.5, 0.6) is 0 Å². The van der Waals surface area contributed by atoms with E-state index in [1.54, 1.807) is 6.92 Å². The average Bonchev–Trinajstić information content (AvgIpc) is 3.42. The molecule has 0 spiro atoms. The molecular formula is C33H28F5N5O6S2. The minimum atomic E-state index is -5.28. The number of anilines is 1. The lowest BCUT2D eigenvalue weighted by Crippen LogP contribution is -2.40. The molecule has 2 aromatic heterocycles. The molecule has 0 unspecified atom stereocenters. The largest absolute Gasteiger partial charge is 0.471 e. The standard InChI is InChI=1S/C33H28F5N5O6S2/c1-4-39-31(46)40-19-10-8-18(9-11-19)27-23(16-41(2)30(45)33(36,37)38)26-28(44)43(20-12-14-21(15-13-20)51(3,48)49)32(47)42(29(26)50-27)17-22-24(34)6-5-7-25(22)35/h5-15H,4,16-17H2,1-3H3,(H2,39,40,46). The van der Waals surface area contributed by atoms with Gasteiger partial charge < -0.3 is 15.5 Å². The van der Waals surface area contributed by atoms with Gasteiger partial charge in [0.1, 0.15) is 16.5 Å². The summed E-state index contributed by atoms with van der Waals surface area (Å²) in [4.78, 5) is 52.9. The lowest BCUT2D eigenvalue weighted by molar-refractivity contribution is -0.184. The van der Waals surface area contributed by atoms with Crippen LogP contribution in [0, 0.1) is 11.6 Å². The molecule has 0 saturated heterocycles. The number of alkyl halides is 3. The Morgan fingerprint density at radius 1 is 0.922 bits per heavy atom. The van der Waals surface area contributed by atoms with Gasteiger partial charge in [0, 0.05) is 48.1 Å². The molecule has 3 aromatic carbocycles. The number of carbonyl (C=O) groups excluding carboxylic acids is 2. The lowest BCUT2D eigenvalue weighted by Gasteiger charge is -2.19. The van der Waals surface area contributed by atoms with Crippen molar-refractivity contribution in [1.82, 2.24) is 19.4 Å². The Labute approximate surface area is 290 Å². The van der Waals surface area contributed by atoms with Crippen LogP contribution in [0.25, 0.3) is 26.3 Å². The summed E-state index contributed by atoms with van der Waals surface area (Å²) in [5.74, 6) is -4.27. The average molecular weight is 750 g/mol. The van der Waals surface area contributed by atoms with Crippen molar-refractivity contribution in [3.63, 3.8) is 0 Å². The van der Waals surface area contributed by atoms with Crippen LogP contribution >= 0.6 is 11.3 Å². The minimum Gasteiger partial charge on any atom is -0.338 e. The van der Waals surface area contributed by atoms with E-state index in [9.17, 15) is 49.5 Å². The van der Waals surface area contributed by atoms with Crippen molar-refractivity contribution >= 4 is 49.0 Å². The summed E-state index contributed by atoms with van der Waals surface area (Å²) in [6.45, 7) is 0.505. The maximum Gasteiger partial charge on any atom is 0.471 e. The van der Waals surface area contributed by atoms with Crippen LogP contribution in [-0.4, -0.2) is 60.4 Å². The fourth-order valence-corrected chi connectivity index (χ4v) is 7.20. The Morgan fingerprint density at radius 2 is 1.53 bits per heavy atom. The zero-order valence-corrected chi connectivity index (χ0v) is 28.6. The number of rotatable bonds is 9. The smallest absolute Gasteiger partial charge is 0.338 e. The summed E-state index contributed by atoms with van der Waals surface area (Å²) in [7, 11) is -2.83. The van der Waals surface area contributed by atoms with Crippen LogP contribution in [-0.2, 0) is 27.7 Å². The molecule has 2 heterocycles. The van der Waals surface area contributed by atoms with E-state index in [4.69, 9.17) is 0 Å². The Kier molecular flexibility index (Phi) is 10.2. The summed E-state index contributed by atoms with van der Waals surface area (Å²) < 4.78 is 96.2. The highest BCUT2D eigenvalue weighted by Gasteiger charge is 2.41. The van der Waals surface area contributed by atoms with E-state index in [1.165, 1.54) is 24.3 Å². The predicted molar refractivity (Wildman–Crippen MR) is 181 cm³/mol. The number of thiophene rings is 1. The molecule has 0 fully saturated rings. The van der Waals surface area contributed by atoms with E-state index >= 15 is 0 Å². The first-order chi connectivity index (χ1) is 23.9. The molecule has 51 heavy (non-hydrogen) atoms. The number of hydrogen-bond acceptors (Lipinski definition) is 7. The summed E-state index contributed by atoms with van der Waals surface area (Å²) in [6.07, 6.45) is -4.34. The molecule has 0 aliphatic rings. The highest BCUT2D eigenvalue weighted by molar-refractivity contribution is 7.90. The van der Waals surface area contributed by atoms with Gasteiger partial charge in [-0.25, -0.2) is 31.4 Å². The number of nitrogens with one attached hydrogen (secondary N) is 2. The number of sulfone groups is 1. The Morgan fingerprint density at radius 3 is 2.08 bits per heavy atom. The van der Waals surface area contributed by atoms with E-state index in [0.29, 0.717) is 27.3 Å². The summed E-state index contributed by atoms with van der Waals surface area (Å²) in [5, 5.41) is 4.82. The topological polar surface area (TPSA) is 140 Å². The molecule has 0 aliphatic carbocycles. The van der Waals surface area contributed by atoms with Crippen molar-refractivity contribution in [3.8, 4) is 16.1 Å². The van der Waals surface area contributed by atoms with Gasteiger partial charge in [0.15, 0.2) is 9.84 Å². The summed E-state index contributed by atoms with van der Waals surface area (Å²) in [5.41, 5.74) is -2.33. The van der Waals surface area contributed by atoms with E-state index in [2.05, 4.69) is 10.6 Å². The number of carbonyl (C=O) groups is 2. The number of fused-ring (bicyclic) bond motifs is 1. The van der Waals surface area contributed by atoms with Gasteiger partial charge in [-0.2, -0.15) is 13.2 Å². The first-order valence-corrected chi connectivity index (χ1v) is 17.6. The molecule has 11 nitrogen and oxygen atoms in total. The summed E-state index contributed by atoms with van der Waals surface area (Å²) in [6, 6.07) is 13.0. The van der Waals surface area contributed by atoms with Gasteiger partial charge in [-0.05, 0) is 61.0 Å². The molecule has 3 amide bonds. The van der Waals surface area contributed by atoms with Crippen LogP contribution in [0.1, 0.15) is 18.1 Å². The number of aromatic nitrogens is 2. The lowest BCUT2D eigenvalue weighted by atomic mass is 10.1. The second-order valence-corrected chi connectivity index (χ2v) is 14.3. The Balaban J connectivity index is 1.84. The fourth-order valence-electron chi connectivity index (χ4n) is 5.27. The van der Waals surface area contributed by atoms with Crippen LogP contribution in [0.2, 0.25) is 0 Å². The molecule has 0 atom stereocenters. The van der Waals surface area contributed by atoms with Gasteiger partial charge in [0.2, 0.25) is 0 Å². The second kappa shape index (κ2) is 14.1. The molecule has 5 rings (SSSR count). The molecule has 0 aliphatic heterocycles. The van der Waals surface area contributed by atoms with E-state index < -0.39 is 69.5 Å². The summed E-state index contributed by atoms with van der Waals surface area (Å²) >= 11 is 0.768. The van der Waals surface area contributed by atoms with Gasteiger partial charge >= 0.3 is 23.8 Å². The number of hydrogen-bond donors (Lipinski definition) is 2. The van der Waals surface area contributed by atoms with Crippen molar-refractivity contribution in [3.05, 3.63) is 110 Å². The van der Waals surface area contributed by atoms with E-state index in [0.717, 1.165) is 71.7 Å². The van der Waals surface area contributed by atoms with Crippen molar-refractivity contribution in [2.24, 2.45) is 0 Å². The normalized spacial score (nSPS) is 11.8. The number of halogens is 5. The molecule has 18 heteroatoms. The number of urea groups is 1. The highest BCUT2D eigenvalue weighted by Crippen LogP contribution is 2.39. The number of nitrogens with zero attached hydrogens (tertiary/aromatic N) is 3. The third-order valence-electron chi connectivity index (χ3n) is 7.70. The predicted octanol–water partition coefficient (Wildman–Crippen LogP) is 5.27. The van der Waals surface area contributed by atoms with Gasteiger partial charge in [-0.3, -0.25) is 14.2 Å². The third-order valence-corrected chi connectivity index (χ3v) is 10.1. The van der Waals surface area contributed by atoms with Crippen LogP contribution in [0.3, 0.4) is 0 Å². The maximum absolute atomic E-state index is 15.0. The molecular weight excluding hydrogens is 722 g/mol. The fraction of sp³-hybridized carbons (Fsp3) is 0.212. The van der Waals surface area contributed by atoms with Gasteiger partial charge in [-0.15, -0.1) is 11.3 Å². The molecule has 0 radical (unpaired) electrons. The van der Waals surface area contributed by atoms with Crippen molar-refractivity contribution in [1.29, 1.82) is 0 Å².